The first-order valence-corrected chi connectivity index (χ1v) is 11.1. The maximum absolute atomic E-state index is 13.3. The van der Waals surface area contributed by atoms with E-state index in [4.69, 9.17) is 0 Å². The van der Waals surface area contributed by atoms with E-state index in [1.54, 1.807) is 29.2 Å². The Balaban J connectivity index is 1.39. The van der Waals surface area contributed by atoms with Gasteiger partial charge in [0.1, 0.15) is 0 Å². The lowest BCUT2D eigenvalue weighted by atomic mass is 10.1. The quantitative estimate of drug-likeness (QED) is 0.489. The molecule has 166 valence electrons. The predicted molar refractivity (Wildman–Crippen MR) is 129 cm³/mol. The molecule has 3 aromatic heterocycles. The first-order valence-electron chi connectivity index (χ1n) is 11.1. The number of piperazine rings is 1. The van der Waals surface area contributed by atoms with E-state index < -0.39 is 0 Å². The molecule has 0 radical (unpaired) electrons. The van der Waals surface area contributed by atoms with E-state index in [0.717, 1.165) is 18.7 Å². The van der Waals surface area contributed by atoms with Crippen molar-refractivity contribution in [2.24, 2.45) is 0 Å². The van der Waals surface area contributed by atoms with Crippen LogP contribution in [-0.2, 0) is 6.54 Å². The molecule has 0 N–H and O–H groups in total. The predicted octanol–water partition coefficient (Wildman–Crippen LogP) is 3.11. The van der Waals surface area contributed by atoms with Gasteiger partial charge in [0.05, 0.1) is 28.7 Å². The highest BCUT2D eigenvalue weighted by molar-refractivity contribution is 5.98. The van der Waals surface area contributed by atoms with E-state index in [1.165, 1.54) is 5.69 Å². The van der Waals surface area contributed by atoms with Gasteiger partial charge >= 0.3 is 0 Å². The summed E-state index contributed by atoms with van der Waals surface area (Å²) in [6, 6.07) is 17.6. The second kappa shape index (κ2) is 8.86. The molecule has 1 aliphatic heterocycles. The minimum absolute atomic E-state index is 0.0725. The second-order valence-corrected chi connectivity index (χ2v) is 8.28. The van der Waals surface area contributed by atoms with Gasteiger partial charge in [-0.2, -0.15) is 0 Å². The molecule has 1 aromatic carbocycles. The van der Waals surface area contributed by atoms with Gasteiger partial charge < -0.3 is 14.4 Å². The van der Waals surface area contributed by atoms with Gasteiger partial charge in [0, 0.05) is 50.5 Å². The van der Waals surface area contributed by atoms with Crippen molar-refractivity contribution >= 4 is 22.5 Å². The van der Waals surface area contributed by atoms with Gasteiger partial charge in [-0.1, -0.05) is 24.3 Å². The first-order chi connectivity index (χ1) is 16.1. The maximum atomic E-state index is 13.3. The Morgan fingerprint density at radius 2 is 1.79 bits per heavy atom. The molecule has 0 bridgehead atoms. The van der Waals surface area contributed by atoms with Crippen LogP contribution in [0.15, 0.2) is 78.0 Å². The largest absolute Gasteiger partial charge is 0.368 e. The number of aryl methyl sites for hydroxylation is 1. The standard InChI is InChI=1S/C26H25N5O2/c1-19-22(25(32)30-14-12-29(13-15-30)21-7-3-2-4-8-21)16-23-24(28-19)9-11-31(26(23)33)18-20-6-5-10-27-17-20/h2-11,16-17H,12-15,18H2,1H3. The van der Waals surface area contributed by atoms with E-state index in [2.05, 4.69) is 27.0 Å². The highest BCUT2D eigenvalue weighted by Gasteiger charge is 2.24. The van der Waals surface area contributed by atoms with Crippen LogP contribution in [0.2, 0.25) is 0 Å². The van der Waals surface area contributed by atoms with E-state index >= 15 is 0 Å². The molecule has 1 amide bonds. The van der Waals surface area contributed by atoms with Gasteiger partial charge in [-0.25, -0.2) is 0 Å². The van der Waals surface area contributed by atoms with Crippen LogP contribution in [0, 0.1) is 6.92 Å². The average molecular weight is 440 g/mol. The van der Waals surface area contributed by atoms with Gasteiger partial charge in [0.25, 0.3) is 11.5 Å². The van der Waals surface area contributed by atoms with Gasteiger partial charge in [-0.05, 0) is 42.8 Å². The molecule has 1 saturated heterocycles. The fourth-order valence-corrected chi connectivity index (χ4v) is 4.31. The number of hydrogen-bond donors (Lipinski definition) is 0. The summed E-state index contributed by atoms with van der Waals surface area (Å²) in [5.41, 5.74) is 3.68. The highest BCUT2D eigenvalue weighted by atomic mass is 16.2. The zero-order chi connectivity index (χ0) is 22.8. The Morgan fingerprint density at radius 1 is 1.00 bits per heavy atom. The summed E-state index contributed by atoms with van der Waals surface area (Å²) in [6.45, 7) is 5.05. The van der Waals surface area contributed by atoms with Gasteiger partial charge in [-0.3, -0.25) is 19.6 Å². The Bertz CT molecular complexity index is 1340. The van der Waals surface area contributed by atoms with Crippen molar-refractivity contribution in [2.75, 3.05) is 31.1 Å². The average Bonchev–Trinajstić information content (AvgIpc) is 2.86. The Hall–Kier alpha value is -4.00. The summed E-state index contributed by atoms with van der Waals surface area (Å²) in [5, 5.41) is 0.457. The van der Waals surface area contributed by atoms with E-state index in [0.29, 0.717) is 41.8 Å². The number of benzene rings is 1. The molecule has 0 saturated carbocycles. The van der Waals surface area contributed by atoms with Crippen LogP contribution in [-0.4, -0.2) is 51.5 Å². The van der Waals surface area contributed by atoms with E-state index in [9.17, 15) is 9.59 Å². The topological polar surface area (TPSA) is 71.3 Å². The molecule has 4 aromatic rings. The molecule has 0 atom stereocenters. The molecule has 0 spiro atoms. The highest BCUT2D eigenvalue weighted by Crippen LogP contribution is 2.19. The number of carbonyl (C=O) groups excluding carboxylic acids is 1. The van der Waals surface area contributed by atoms with Crippen LogP contribution in [0.3, 0.4) is 0 Å². The molecule has 7 heteroatoms. The third-order valence-corrected chi connectivity index (χ3v) is 6.14. The summed E-state index contributed by atoms with van der Waals surface area (Å²) >= 11 is 0. The van der Waals surface area contributed by atoms with Crippen LogP contribution < -0.4 is 10.5 Å². The van der Waals surface area contributed by atoms with Crippen molar-refractivity contribution in [3.05, 3.63) is 100 Å². The van der Waals surface area contributed by atoms with Crippen molar-refractivity contribution in [2.45, 2.75) is 13.5 Å². The van der Waals surface area contributed by atoms with Gasteiger partial charge in [0.2, 0.25) is 0 Å². The van der Waals surface area contributed by atoms with Crippen LogP contribution in [0.4, 0.5) is 5.69 Å². The molecule has 0 aliphatic carbocycles. The number of carbonyl (C=O) groups is 1. The normalized spacial score (nSPS) is 14.0. The van der Waals surface area contributed by atoms with E-state index in [-0.39, 0.29) is 11.5 Å². The first kappa shape index (κ1) is 20.9. The van der Waals surface area contributed by atoms with Crippen LogP contribution in [0.5, 0.6) is 0 Å². The zero-order valence-corrected chi connectivity index (χ0v) is 18.5. The number of amides is 1. The van der Waals surface area contributed by atoms with Gasteiger partial charge in [0.15, 0.2) is 0 Å². The number of para-hydroxylation sites is 1. The Labute approximate surface area is 191 Å². The molecule has 7 nitrogen and oxygen atoms in total. The van der Waals surface area contributed by atoms with Crippen molar-refractivity contribution < 1.29 is 4.79 Å². The van der Waals surface area contributed by atoms with Crippen LogP contribution in [0.25, 0.3) is 10.9 Å². The smallest absolute Gasteiger partial charge is 0.260 e. The zero-order valence-electron chi connectivity index (χ0n) is 18.5. The van der Waals surface area contributed by atoms with Crippen LogP contribution in [0.1, 0.15) is 21.6 Å². The molecule has 1 fully saturated rings. The number of rotatable bonds is 4. The monoisotopic (exact) mass is 439 g/mol. The third kappa shape index (κ3) is 4.22. The Kier molecular flexibility index (Phi) is 5.60. The molecule has 1 aliphatic rings. The van der Waals surface area contributed by atoms with Crippen molar-refractivity contribution in [1.82, 2.24) is 19.4 Å². The molecular formula is C26H25N5O2. The fourth-order valence-electron chi connectivity index (χ4n) is 4.31. The third-order valence-electron chi connectivity index (χ3n) is 6.14. The van der Waals surface area contributed by atoms with Crippen molar-refractivity contribution in [3.63, 3.8) is 0 Å². The lowest BCUT2D eigenvalue weighted by Gasteiger charge is -2.36. The van der Waals surface area contributed by atoms with Crippen molar-refractivity contribution in [1.29, 1.82) is 0 Å². The minimum atomic E-state index is -0.160. The van der Waals surface area contributed by atoms with E-state index in [1.807, 2.05) is 48.2 Å². The summed E-state index contributed by atoms with van der Waals surface area (Å²) < 4.78 is 1.63. The van der Waals surface area contributed by atoms with Crippen LogP contribution >= 0.6 is 0 Å². The number of nitrogens with zero attached hydrogens (tertiary/aromatic N) is 5. The van der Waals surface area contributed by atoms with Gasteiger partial charge in [-0.15, -0.1) is 0 Å². The Morgan fingerprint density at radius 3 is 2.52 bits per heavy atom. The number of hydrogen-bond acceptors (Lipinski definition) is 5. The number of pyridine rings is 3. The number of aromatic nitrogens is 3. The lowest BCUT2D eigenvalue weighted by Crippen LogP contribution is -2.49. The molecule has 33 heavy (non-hydrogen) atoms. The minimum Gasteiger partial charge on any atom is -0.368 e. The fraction of sp³-hybridized carbons (Fsp3) is 0.231. The maximum Gasteiger partial charge on any atom is 0.260 e. The molecular weight excluding hydrogens is 414 g/mol. The number of fused-ring (bicyclic) bond motifs is 1. The second-order valence-electron chi connectivity index (χ2n) is 8.28. The summed E-state index contributed by atoms with van der Waals surface area (Å²) in [7, 11) is 0. The summed E-state index contributed by atoms with van der Waals surface area (Å²) in [5.74, 6) is -0.0725. The summed E-state index contributed by atoms with van der Waals surface area (Å²) in [4.78, 5) is 39.3. The molecule has 5 rings (SSSR count). The van der Waals surface area contributed by atoms with Crippen molar-refractivity contribution in [3.8, 4) is 0 Å². The molecule has 4 heterocycles. The molecule has 0 unspecified atom stereocenters. The lowest BCUT2D eigenvalue weighted by molar-refractivity contribution is 0.0745. The number of anilines is 1. The SMILES string of the molecule is Cc1nc2ccn(Cc3cccnc3)c(=O)c2cc1C(=O)N1CCN(c2ccccc2)CC1. The summed E-state index contributed by atoms with van der Waals surface area (Å²) in [6.07, 6.45) is 5.19.